The molecule has 1 N–H and O–H groups in total. The minimum Gasteiger partial charge on any atom is -0.487 e. The first-order valence-corrected chi connectivity index (χ1v) is 6.44. The van der Waals surface area contributed by atoms with Crippen molar-refractivity contribution in [3.05, 3.63) is 28.8 Å². The highest BCUT2D eigenvalue weighted by atomic mass is 35.5. The Bertz CT molecular complexity index is 417. The number of ether oxygens (including phenoxy) is 1. The van der Waals surface area contributed by atoms with Crippen LogP contribution in [0.5, 0.6) is 5.75 Å². The van der Waals surface area contributed by atoms with E-state index >= 15 is 0 Å². The van der Waals surface area contributed by atoms with Crippen LogP contribution in [-0.4, -0.2) is 10.7 Å². The summed E-state index contributed by atoms with van der Waals surface area (Å²) in [6, 6.07) is 5.43. The van der Waals surface area contributed by atoms with Crippen LogP contribution in [0, 0.1) is 5.92 Å². The molecule has 17 heavy (non-hydrogen) atoms. The van der Waals surface area contributed by atoms with Gasteiger partial charge in [0.15, 0.2) is 0 Å². The van der Waals surface area contributed by atoms with Crippen molar-refractivity contribution in [3.8, 4) is 5.75 Å². The number of hydrogen-bond donors (Lipinski definition) is 1. The summed E-state index contributed by atoms with van der Waals surface area (Å²) < 4.78 is 6.04. The molecule has 2 nitrogen and oxygen atoms in total. The zero-order chi connectivity index (χ0) is 12.6. The van der Waals surface area contributed by atoms with Gasteiger partial charge in [0.25, 0.3) is 0 Å². The average molecular weight is 255 g/mol. The van der Waals surface area contributed by atoms with Crippen molar-refractivity contribution in [3.63, 3.8) is 0 Å². The van der Waals surface area contributed by atoms with E-state index in [1.807, 2.05) is 6.07 Å². The molecule has 3 heteroatoms. The van der Waals surface area contributed by atoms with Crippen LogP contribution in [-0.2, 0) is 0 Å². The molecule has 1 unspecified atom stereocenters. The Morgan fingerprint density at radius 2 is 2.24 bits per heavy atom. The van der Waals surface area contributed by atoms with Gasteiger partial charge < -0.3 is 9.84 Å². The van der Waals surface area contributed by atoms with Crippen molar-refractivity contribution in [2.75, 3.05) is 0 Å². The first-order valence-electron chi connectivity index (χ1n) is 6.06. The molecule has 0 aromatic heterocycles. The number of benzene rings is 1. The van der Waals surface area contributed by atoms with Gasteiger partial charge >= 0.3 is 0 Å². The van der Waals surface area contributed by atoms with Gasteiger partial charge in [-0.2, -0.15) is 0 Å². The van der Waals surface area contributed by atoms with Gasteiger partial charge in [-0.05, 0) is 37.5 Å². The molecule has 0 amide bonds. The Kier molecular flexibility index (Phi) is 3.37. The van der Waals surface area contributed by atoms with E-state index in [9.17, 15) is 5.11 Å². The summed E-state index contributed by atoms with van der Waals surface area (Å²) in [5.41, 5.74) is 0.521. The molecule has 2 atom stereocenters. The summed E-state index contributed by atoms with van der Waals surface area (Å²) >= 11 is 5.93. The molecule has 0 fully saturated rings. The normalized spacial score (nSPS) is 27.8. The molecule has 1 aliphatic rings. The first kappa shape index (κ1) is 12.7. The highest BCUT2D eigenvalue weighted by molar-refractivity contribution is 6.30. The lowest BCUT2D eigenvalue weighted by Gasteiger charge is -2.39. The Morgan fingerprint density at radius 3 is 2.88 bits per heavy atom. The van der Waals surface area contributed by atoms with Gasteiger partial charge in [-0.25, -0.2) is 0 Å². The van der Waals surface area contributed by atoms with E-state index in [1.165, 1.54) is 0 Å². The Labute approximate surface area is 108 Å². The van der Waals surface area contributed by atoms with Gasteiger partial charge in [-0.1, -0.05) is 25.4 Å². The van der Waals surface area contributed by atoms with E-state index in [1.54, 1.807) is 12.1 Å². The number of hydrogen-bond acceptors (Lipinski definition) is 2. The van der Waals surface area contributed by atoms with Gasteiger partial charge in [0.1, 0.15) is 11.4 Å². The van der Waals surface area contributed by atoms with Crippen LogP contribution in [0.4, 0.5) is 0 Å². The highest BCUT2D eigenvalue weighted by Gasteiger charge is 2.36. The van der Waals surface area contributed by atoms with Crippen molar-refractivity contribution >= 4 is 11.6 Å². The maximum absolute atomic E-state index is 10.2. The summed E-state index contributed by atoms with van der Waals surface area (Å²) in [7, 11) is 0. The highest BCUT2D eigenvalue weighted by Crippen LogP contribution is 2.42. The van der Waals surface area contributed by atoms with E-state index in [0.29, 0.717) is 17.4 Å². The van der Waals surface area contributed by atoms with Gasteiger partial charge in [-0.3, -0.25) is 0 Å². The minimum atomic E-state index is -0.485. The number of aliphatic hydroxyl groups excluding tert-OH is 1. The smallest absolute Gasteiger partial charge is 0.126 e. The lowest BCUT2D eigenvalue weighted by atomic mass is 9.84. The molecule has 1 heterocycles. The van der Waals surface area contributed by atoms with E-state index in [0.717, 1.165) is 17.7 Å². The maximum Gasteiger partial charge on any atom is 0.126 e. The summed E-state index contributed by atoms with van der Waals surface area (Å²) in [6.45, 7) is 6.39. The third kappa shape index (κ3) is 2.75. The average Bonchev–Trinajstić information content (AvgIpc) is 2.17. The van der Waals surface area contributed by atoms with E-state index in [-0.39, 0.29) is 5.60 Å². The quantitative estimate of drug-likeness (QED) is 0.866. The molecule has 0 aliphatic carbocycles. The minimum absolute atomic E-state index is 0.283. The molecule has 0 spiro atoms. The molecule has 94 valence electrons. The number of fused-ring (bicyclic) bond motifs is 1. The van der Waals surface area contributed by atoms with Crippen LogP contribution in [0.25, 0.3) is 0 Å². The number of aliphatic hydroxyl groups is 1. The molecule has 0 saturated heterocycles. The Morgan fingerprint density at radius 1 is 1.53 bits per heavy atom. The fraction of sp³-hybridized carbons (Fsp3) is 0.571. The van der Waals surface area contributed by atoms with E-state index in [2.05, 4.69) is 20.8 Å². The summed E-state index contributed by atoms with van der Waals surface area (Å²) in [5, 5.41) is 10.8. The molecule has 1 aromatic rings. The van der Waals surface area contributed by atoms with Crippen molar-refractivity contribution in [1.29, 1.82) is 0 Å². The van der Waals surface area contributed by atoms with Crippen molar-refractivity contribution < 1.29 is 9.84 Å². The molecule has 0 radical (unpaired) electrons. The Balaban J connectivity index is 2.30. The predicted octanol–water partition coefficient (Wildman–Crippen LogP) is 3.96. The van der Waals surface area contributed by atoms with Crippen LogP contribution >= 0.6 is 11.6 Å². The number of rotatable bonds is 2. The second-order valence-corrected chi connectivity index (χ2v) is 5.99. The summed E-state index contributed by atoms with van der Waals surface area (Å²) in [5.74, 6) is 1.30. The van der Waals surface area contributed by atoms with Gasteiger partial charge in [-0.15, -0.1) is 0 Å². The lowest BCUT2D eigenvalue weighted by molar-refractivity contribution is -0.0144. The lowest BCUT2D eigenvalue weighted by Crippen LogP contribution is -2.39. The molecule has 0 bridgehead atoms. The van der Waals surface area contributed by atoms with Crippen LogP contribution in [0.3, 0.4) is 0 Å². The second kappa shape index (κ2) is 4.51. The monoisotopic (exact) mass is 254 g/mol. The zero-order valence-corrected chi connectivity index (χ0v) is 11.3. The van der Waals surface area contributed by atoms with Crippen LogP contribution in [0.15, 0.2) is 18.2 Å². The predicted molar refractivity (Wildman–Crippen MR) is 69.5 cm³/mol. The molecule has 1 aliphatic heterocycles. The molecule has 2 rings (SSSR count). The van der Waals surface area contributed by atoms with Crippen LogP contribution in [0.2, 0.25) is 5.02 Å². The summed E-state index contributed by atoms with van der Waals surface area (Å²) in [4.78, 5) is 0. The molecule has 0 saturated carbocycles. The van der Waals surface area contributed by atoms with E-state index < -0.39 is 6.10 Å². The van der Waals surface area contributed by atoms with Crippen molar-refractivity contribution in [2.45, 2.75) is 45.3 Å². The maximum atomic E-state index is 10.2. The zero-order valence-electron chi connectivity index (χ0n) is 10.5. The fourth-order valence-electron chi connectivity index (χ4n) is 2.69. The molecule has 1 aromatic carbocycles. The van der Waals surface area contributed by atoms with Crippen molar-refractivity contribution in [1.82, 2.24) is 0 Å². The van der Waals surface area contributed by atoms with Gasteiger partial charge in [0.2, 0.25) is 0 Å². The topological polar surface area (TPSA) is 29.5 Å². The third-order valence-corrected chi connectivity index (χ3v) is 3.39. The van der Waals surface area contributed by atoms with Gasteiger partial charge in [0.05, 0.1) is 6.10 Å². The van der Waals surface area contributed by atoms with Gasteiger partial charge in [0, 0.05) is 17.0 Å². The second-order valence-electron chi connectivity index (χ2n) is 5.55. The number of halogens is 1. The summed E-state index contributed by atoms with van der Waals surface area (Å²) in [6.07, 6.45) is 1.08. The fourth-order valence-corrected chi connectivity index (χ4v) is 2.87. The SMILES string of the molecule is CC(C)CC1(C)C[C@@H](O)c2cc(Cl)ccc2O1. The molecular weight excluding hydrogens is 236 g/mol. The largest absolute Gasteiger partial charge is 0.487 e. The third-order valence-electron chi connectivity index (χ3n) is 3.15. The molecular formula is C14H19ClO2. The van der Waals surface area contributed by atoms with E-state index in [4.69, 9.17) is 16.3 Å². The van der Waals surface area contributed by atoms with Crippen LogP contribution < -0.4 is 4.74 Å². The Hall–Kier alpha value is -0.730. The first-order chi connectivity index (χ1) is 7.89. The van der Waals surface area contributed by atoms with Crippen molar-refractivity contribution in [2.24, 2.45) is 5.92 Å². The standard InChI is InChI=1S/C14H19ClO2/c1-9(2)7-14(3)8-12(16)11-6-10(15)4-5-13(11)17-14/h4-6,9,12,16H,7-8H2,1-3H3/t12-,14?/m1/s1. The van der Waals surface area contributed by atoms with Crippen LogP contribution in [0.1, 0.15) is 45.3 Å².